The van der Waals surface area contributed by atoms with Crippen molar-refractivity contribution in [3.8, 4) is 22.3 Å². The second-order valence-electron chi connectivity index (χ2n) is 6.09. The number of hydrogen-bond donors (Lipinski definition) is 0. The van der Waals surface area contributed by atoms with Crippen LogP contribution in [0.2, 0.25) is 5.02 Å². The Kier molecular flexibility index (Phi) is 3.84. The Morgan fingerprint density at radius 3 is 2.08 bits per heavy atom. The van der Waals surface area contributed by atoms with Crippen LogP contribution < -0.4 is 0 Å². The van der Waals surface area contributed by atoms with E-state index in [0.717, 1.165) is 5.02 Å². The summed E-state index contributed by atoms with van der Waals surface area (Å²) in [5.74, 6) is 0. The molecule has 1 heteroatoms. The number of hydrogen-bond acceptors (Lipinski definition) is 0. The Hall–Kier alpha value is -2.57. The van der Waals surface area contributed by atoms with Crippen LogP contribution in [0.5, 0.6) is 0 Å². The first kappa shape index (κ1) is 15.0. The molecule has 0 nitrogen and oxygen atoms in total. The molecular weight excluding hydrogens is 312 g/mol. The number of benzene rings is 4. The molecule has 116 valence electrons. The summed E-state index contributed by atoms with van der Waals surface area (Å²) in [6, 6.07) is 29.7. The molecule has 0 spiro atoms. The van der Waals surface area contributed by atoms with Crippen LogP contribution in [-0.2, 0) is 0 Å². The van der Waals surface area contributed by atoms with E-state index in [1.165, 1.54) is 38.6 Å². The van der Waals surface area contributed by atoms with Crippen LogP contribution in [0.4, 0.5) is 0 Å². The summed E-state index contributed by atoms with van der Waals surface area (Å²) in [6.07, 6.45) is 0. The second kappa shape index (κ2) is 6.14. The van der Waals surface area contributed by atoms with Gasteiger partial charge in [0.25, 0.3) is 0 Å². The molecule has 0 aromatic heterocycles. The van der Waals surface area contributed by atoms with Crippen molar-refractivity contribution in [1.82, 2.24) is 0 Å². The van der Waals surface area contributed by atoms with Crippen LogP contribution in [-0.4, -0.2) is 0 Å². The monoisotopic (exact) mass is 328 g/mol. The Morgan fingerprint density at radius 1 is 0.625 bits per heavy atom. The molecule has 0 saturated carbocycles. The highest BCUT2D eigenvalue weighted by atomic mass is 35.5. The molecule has 0 fully saturated rings. The summed E-state index contributed by atoms with van der Waals surface area (Å²) < 4.78 is 0. The fourth-order valence-electron chi connectivity index (χ4n) is 3.29. The summed E-state index contributed by atoms with van der Waals surface area (Å²) in [6.45, 7) is 2.15. The van der Waals surface area contributed by atoms with Gasteiger partial charge in [-0.1, -0.05) is 84.4 Å². The van der Waals surface area contributed by atoms with Gasteiger partial charge in [0, 0.05) is 5.02 Å². The molecule has 0 heterocycles. The largest absolute Gasteiger partial charge is 0.0843 e. The fourth-order valence-corrected chi connectivity index (χ4v) is 3.42. The van der Waals surface area contributed by atoms with Crippen molar-refractivity contribution < 1.29 is 0 Å². The molecule has 0 amide bonds. The van der Waals surface area contributed by atoms with Crippen molar-refractivity contribution in [3.63, 3.8) is 0 Å². The summed E-state index contributed by atoms with van der Waals surface area (Å²) in [5.41, 5.74) is 6.22. The molecule has 0 aliphatic rings. The van der Waals surface area contributed by atoms with Crippen LogP contribution in [0.1, 0.15) is 5.56 Å². The molecule has 0 N–H and O–H groups in total. The number of halogens is 1. The molecule has 4 rings (SSSR count). The van der Waals surface area contributed by atoms with E-state index in [2.05, 4.69) is 79.7 Å². The predicted molar refractivity (Wildman–Crippen MR) is 105 cm³/mol. The van der Waals surface area contributed by atoms with Gasteiger partial charge in [-0.2, -0.15) is 0 Å². The predicted octanol–water partition coefficient (Wildman–Crippen LogP) is 7.14. The molecule has 24 heavy (non-hydrogen) atoms. The highest BCUT2D eigenvalue weighted by Gasteiger charge is 2.11. The van der Waals surface area contributed by atoms with Gasteiger partial charge in [-0.05, 0) is 57.6 Å². The Bertz CT molecular complexity index is 999. The topological polar surface area (TPSA) is 0 Å². The Balaban J connectivity index is 2.07. The lowest BCUT2D eigenvalue weighted by Gasteiger charge is -2.14. The van der Waals surface area contributed by atoms with Crippen molar-refractivity contribution in [3.05, 3.63) is 95.5 Å². The van der Waals surface area contributed by atoms with Crippen LogP contribution in [0.25, 0.3) is 33.0 Å². The third kappa shape index (κ3) is 2.70. The minimum Gasteiger partial charge on any atom is -0.0843 e. The number of aryl methyl sites for hydroxylation is 1. The van der Waals surface area contributed by atoms with Gasteiger partial charge >= 0.3 is 0 Å². The summed E-state index contributed by atoms with van der Waals surface area (Å²) in [4.78, 5) is 0. The lowest BCUT2D eigenvalue weighted by atomic mass is 9.90. The summed E-state index contributed by atoms with van der Waals surface area (Å²) in [7, 11) is 0. The average molecular weight is 329 g/mol. The first-order valence-corrected chi connectivity index (χ1v) is 8.45. The molecule has 0 saturated heterocycles. The lowest BCUT2D eigenvalue weighted by Crippen LogP contribution is -1.88. The third-order valence-electron chi connectivity index (χ3n) is 4.36. The molecule has 0 atom stereocenters. The van der Waals surface area contributed by atoms with E-state index < -0.39 is 0 Å². The van der Waals surface area contributed by atoms with Crippen molar-refractivity contribution >= 4 is 22.4 Å². The van der Waals surface area contributed by atoms with E-state index in [1.807, 2.05) is 12.1 Å². The molecular formula is C23H17Cl. The second-order valence-corrected chi connectivity index (χ2v) is 6.53. The van der Waals surface area contributed by atoms with Crippen LogP contribution in [0.15, 0.2) is 84.9 Å². The summed E-state index contributed by atoms with van der Waals surface area (Å²) in [5, 5.41) is 3.32. The van der Waals surface area contributed by atoms with Gasteiger partial charge in [0.1, 0.15) is 0 Å². The average Bonchev–Trinajstić information content (AvgIpc) is 2.62. The standard InChI is InChI=1S/C23H17Cl/c1-16-14-19-8-5-9-21(18-10-12-20(24)13-11-18)23(19)22(15-16)17-6-3-2-4-7-17/h2-15H,1H3. The highest BCUT2D eigenvalue weighted by Crippen LogP contribution is 2.37. The van der Waals surface area contributed by atoms with Gasteiger partial charge in [0.2, 0.25) is 0 Å². The zero-order valence-electron chi connectivity index (χ0n) is 13.5. The Morgan fingerprint density at radius 2 is 1.33 bits per heavy atom. The molecule has 0 unspecified atom stereocenters. The minimum absolute atomic E-state index is 0.762. The number of rotatable bonds is 2. The fraction of sp³-hybridized carbons (Fsp3) is 0.0435. The first-order chi connectivity index (χ1) is 11.7. The van der Waals surface area contributed by atoms with E-state index in [-0.39, 0.29) is 0 Å². The molecule has 0 aliphatic carbocycles. The van der Waals surface area contributed by atoms with Crippen LogP contribution >= 0.6 is 11.6 Å². The maximum atomic E-state index is 6.07. The normalized spacial score (nSPS) is 10.9. The lowest BCUT2D eigenvalue weighted by molar-refractivity contribution is 1.49. The van der Waals surface area contributed by atoms with Gasteiger partial charge < -0.3 is 0 Å². The van der Waals surface area contributed by atoms with E-state index in [0.29, 0.717) is 0 Å². The zero-order chi connectivity index (χ0) is 16.5. The molecule has 0 bridgehead atoms. The van der Waals surface area contributed by atoms with Gasteiger partial charge in [0.05, 0.1) is 0 Å². The van der Waals surface area contributed by atoms with Gasteiger partial charge in [-0.25, -0.2) is 0 Å². The van der Waals surface area contributed by atoms with E-state index in [4.69, 9.17) is 11.6 Å². The van der Waals surface area contributed by atoms with E-state index in [1.54, 1.807) is 0 Å². The zero-order valence-corrected chi connectivity index (χ0v) is 14.2. The Labute approximate surface area is 147 Å². The van der Waals surface area contributed by atoms with Crippen molar-refractivity contribution in [2.45, 2.75) is 6.92 Å². The quantitative estimate of drug-likeness (QED) is 0.367. The molecule has 0 radical (unpaired) electrons. The minimum atomic E-state index is 0.762. The van der Waals surface area contributed by atoms with Crippen molar-refractivity contribution in [1.29, 1.82) is 0 Å². The SMILES string of the molecule is Cc1cc(-c2ccccc2)c2c(-c3ccc(Cl)cc3)cccc2c1. The molecule has 4 aromatic rings. The first-order valence-electron chi connectivity index (χ1n) is 8.07. The molecule has 4 aromatic carbocycles. The van der Waals surface area contributed by atoms with Crippen LogP contribution in [0, 0.1) is 6.92 Å². The van der Waals surface area contributed by atoms with Crippen LogP contribution in [0.3, 0.4) is 0 Å². The molecule has 0 aliphatic heterocycles. The summed E-state index contributed by atoms with van der Waals surface area (Å²) >= 11 is 6.07. The maximum absolute atomic E-state index is 6.07. The maximum Gasteiger partial charge on any atom is 0.0406 e. The van der Waals surface area contributed by atoms with Gasteiger partial charge in [-0.3, -0.25) is 0 Å². The van der Waals surface area contributed by atoms with Gasteiger partial charge in [-0.15, -0.1) is 0 Å². The van der Waals surface area contributed by atoms with E-state index in [9.17, 15) is 0 Å². The third-order valence-corrected chi connectivity index (χ3v) is 4.61. The smallest absolute Gasteiger partial charge is 0.0406 e. The van der Waals surface area contributed by atoms with Crippen molar-refractivity contribution in [2.24, 2.45) is 0 Å². The van der Waals surface area contributed by atoms with Gasteiger partial charge in [0.15, 0.2) is 0 Å². The number of fused-ring (bicyclic) bond motifs is 1. The highest BCUT2D eigenvalue weighted by molar-refractivity contribution is 6.30. The van der Waals surface area contributed by atoms with E-state index >= 15 is 0 Å². The van der Waals surface area contributed by atoms with Crippen molar-refractivity contribution in [2.75, 3.05) is 0 Å².